The maximum atomic E-state index is 12.6. The van der Waals surface area contributed by atoms with Crippen LogP contribution in [0.5, 0.6) is 5.75 Å². The van der Waals surface area contributed by atoms with E-state index in [0.29, 0.717) is 10.2 Å². The highest BCUT2D eigenvalue weighted by molar-refractivity contribution is 9.10. The molecule has 0 aliphatic carbocycles. The fraction of sp³-hybridized carbons (Fsp3) is 0.529. The van der Waals surface area contributed by atoms with Crippen LogP contribution in [0.4, 0.5) is 15.3 Å². The Hall–Kier alpha value is -1.76. The van der Waals surface area contributed by atoms with E-state index < -0.39 is 23.4 Å². The third-order valence-electron chi connectivity index (χ3n) is 2.54. The molecule has 1 aromatic rings. The number of halogens is 1. The van der Waals surface area contributed by atoms with Crippen LogP contribution in [0.2, 0.25) is 0 Å². The van der Waals surface area contributed by atoms with Gasteiger partial charge in [0, 0.05) is 0 Å². The van der Waals surface area contributed by atoms with Crippen molar-refractivity contribution in [2.24, 2.45) is 0 Å². The van der Waals surface area contributed by atoms with Gasteiger partial charge in [-0.25, -0.2) is 9.59 Å². The van der Waals surface area contributed by atoms with Crippen molar-refractivity contribution in [3.8, 4) is 5.75 Å². The summed E-state index contributed by atoms with van der Waals surface area (Å²) in [5.74, 6) is 0.328. The lowest BCUT2D eigenvalue weighted by atomic mass is 10.2. The Labute approximate surface area is 151 Å². The molecule has 2 amide bonds. The van der Waals surface area contributed by atoms with E-state index in [1.165, 1.54) is 7.11 Å². The quantitative estimate of drug-likeness (QED) is 0.686. The molecule has 134 valence electrons. The molecule has 0 aliphatic rings. The summed E-state index contributed by atoms with van der Waals surface area (Å²) < 4.78 is 16.6. The summed E-state index contributed by atoms with van der Waals surface area (Å²) in [5, 5.41) is 0. The smallest absolute Gasteiger partial charge is 0.424 e. The van der Waals surface area contributed by atoms with Gasteiger partial charge in [-0.2, -0.15) is 4.90 Å². The van der Waals surface area contributed by atoms with Crippen molar-refractivity contribution < 1.29 is 23.8 Å². The van der Waals surface area contributed by atoms with E-state index in [0.717, 1.165) is 4.90 Å². The average Bonchev–Trinajstić information content (AvgIpc) is 2.34. The summed E-state index contributed by atoms with van der Waals surface area (Å²) >= 11 is 3.34. The lowest BCUT2D eigenvalue weighted by molar-refractivity contribution is 0.0429. The molecule has 0 fully saturated rings. The molecule has 0 N–H and O–H groups in total. The van der Waals surface area contributed by atoms with Crippen LogP contribution >= 0.6 is 15.9 Å². The van der Waals surface area contributed by atoms with Crippen molar-refractivity contribution in [2.75, 3.05) is 12.0 Å². The minimum absolute atomic E-state index is 0.232. The fourth-order valence-corrected chi connectivity index (χ4v) is 2.28. The molecule has 0 atom stereocenters. The van der Waals surface area contributed by atoms with Crippen molar-refractivity contribution in [2.45, 2.75) is 52.7 Å². The van der Waals surface area contributed by atoms with Crippen molar-refractivity contribution in [3.05, 3.63) is 22.7 Å². The molecule has 1 rings (SSSR count). The molecule has 0 saturated heterocycles. The normalized spacial score (nSPS) is 11.7. The van der Waals surface area contributed by atoms with Crippen LogP contribution in [0.25, 0.3) is 0 Å². The molecule has 7 heteroatoms. The number of amides is 2. The Morgan fingerprint density at radius 3 is 1.79 bits per heavy atom. The molecule has 0 saturated carbocycles. The minimum atomic E-state index is -0.840. The van der Waals surface area contributed by atoms with Crippen LogP contribution in [0.1, 0.15) is 41.5 Å². The van der Waals surface area contributed by atoms with Gasteiger partial charge in [0.2, 0.25) is 0 Å². The second-order valence-corrected chi connectivity index (χ2v) is 7.94. The number of imide groups is 1. The second kappa shape index (κ2) is 7.42. The van der Waals surface area contributed by atoms with Crippen LogP contribution in [-0.2, 0) is 9.47 Å². The van der Waals surface area contributed by atoms with Crippen LogP contribution in [0.3, 0.4) is 0 Å². The molecule has 0 aliphatic heterocycles. The molecular weight excluding hydrogens is 378 g/mol. The number of para-hydroxylation sites is 1. The first-order valence-corrected chi connectivity index (χ1v) is 8.23. The van der Waals surface area contributed by atoms with Crippen LogP contribution in [-0.4, -0.2) is 30.5 Å². The van der Waals surface area contributed by atoms with E-state index in [-0.39, 0.29) is 5.69 Å². The first-order valence-electron chi connectivity index (χ1n) is 7.44. The monoisotopic (exact) mass is 401 g/mol. The standard InChI is InChI=1S/C17H24BrNO5/c1-16(2,3)23-14(20)19(15(21)24-17(4,5)6)12-10-8-9-11(18)13(12)22-7/h8-10H,1-7H3. The highest BCUT2D eigenvalue weighted by Crippen LogP contribution is 2.36. The topological polar surface area (TPSA) is 65.1 Å². The zero-order valence-electron chi connectivity index (χ0n) is 15.1. The molecule has 6 nitrogen and oxygen atoms in total. The first kappa shape index (κ1) is 20.3. The lowest BCUT2D eigenvalue weighted by Crippen LogP contribution is -2.44. The van der Waals surface area contributed by atoms with Gasteiger partial charge in [0.1, 0.15) is 16.9 Å². The molecule has 1 aromatic carbocycles. The molecule has 0 aromatic heterocycles. The number of nitrogens with zero attached hydrogens (tertiary/aromatic N) is 1. The highest BCUT2D eigenvalue weighted by atomic mass is 79.9. The summed E-state index contributed by atoms with van der Waals surface area (Å²) in [6.07, 6.45) is -1.68. The number of carbonyl (C=O) groups excluding carboxylic acids is 2. The Morgan fingerprint density at radius 1 is 0.958 bits per heavy atom. The second-order valence-electron chi connectivity index (χ2n) is 7.09. The summed E-state index contributed by atoms with van der Waals surface area (Å²) in [6.45, 7) is 10.3. The average molecular weight is 402 g/mol. The maximum absolute atomic E-state index is 12.6. The summed E-state index contributed by atoms with van der Waals surface area (Å²) in [7, 11) is 1.45. The summed E-state index contributed by atoms with van der Waals surface area (Å²) in [5.41, 5.74) is -1.30. The van der Waals surface area contributed by atoms with Gasteiger partial charge in [-0.05, 0) is 69.6 Å². The Bertz CT molecular complexity index is 588. The van der Waals surface area contributed by atoms with E-state index in [2.05, 4.69) is 15.9 Å². The molecule has 0 spiro atoms. The number of hydrogen-bond acceptors (Lipinski definition) is 5. The number of benzene rings is 1. The molecule has 0 radical (unpaired) electrons. The predicted molar refractivity (Wildman–Crippen MR) is 95.6 cm³/mol. The summed E-state index contributed by atoms with van der Waals surface area (Å²) in [4.78, 5) is 26.0. The van der Waals surface area contributed by atoms with Gasteiger partial charge in [0.25, 0.3) is 0 Å². The first-order chi connectivity index (χ1) is 10.9. The third-order valence-corrected chi connectivity index (χ3v) is 3.17. The van der Waals surface area contributed by atoms with Crippen LogP contribution in [0.15, 0.2) is 22.7 Å². The van der Waals surface area contributed by atoms with E-state index in [1.54, 1.807) is 59.7 Å². The Kier molecular flexibility index (Phi) is 6.27. The van der Waals surface area contributed by atoms with Crippen LogP contribution < -0.4 is 9.64 Å². The third kappa shape index (κ3) is 5.70. The zero-order chi connectivity index (χ0) is 18.7. The molecular formula is C17H24BrNO5. The fourth-order valence-electron chi connectivity index (χ4n) is 1.76. The van der Waals surface area contributed by atoms with E-state index in [1.807, 2.05) is 0 Å². The number of hydrogen-bond donors (Lipinski definition) is 0. The van der Waals surface area contributed by atoms with Gasteiger partial charge in [-0.1, -0.05) is 6.07 Å². The zero-order valence-corrected chi connectivity index (χ0v) is 16.7. The number of ether oxygens (including phenoxy) is 3. The largest absolute Gasteiger partial charge is 0.493 e. The van der Waals surface area contributed by atoms with Gasteiger partial charge in [-0.3, -0.25) is 0 Å². The van der Waals surface area contributed by atoms with Gasteiger partial charge in [-0.15, -0.1) is 0 Å². The summed E-state index contributed by atoms with van der Waals surface area (Å²) in [6, 6.07) is 5.01. The van der Waals surface area contributed by atoms with Gasteiger partial charge in [0.15, 0.2) is 5.75 Å². The van der Waals surface area contributed by atoms with Gasteiger partial charge >= 0.3 is 12.2 Å². The van der Waals surface area contributed by atoms with Crippen molar-refractivity contribution in [3.63, 3.8) is 0 Å². The highest BCUT2D eigenvalue weighted by Gasteiger charge is 2.34. The SMILES string of the molecule is COc1c(Br)cccc1N(C(=O)OC(C)(C)C)C(=O)OC(C)(C)C. The van der Waals surface area contributed by atoms with Crippen molar-refractivity contribution in [1.82, 2.24) is 0 Å². The molecule has 24 heavy (non-hydrogen) atoms. The lowest BCUT2D eigenvalue weighted by Gasteiger charge is -2.29. The van der Waals surface area contributed by atoms with Crippen molar-refractivity contribution >= 4 is 33.8 Å². The number of rotatable bonds is 2. The molecule has 0 unspecified atom stereocenters. The Balaban J connectivity index is 3.36. The maximum Gasteiger partial charge on any atom is 0.424 e. The number of methoxy groups -OCH3 is 1. The predicted octanol–water partition coefficient (Wildman–Crippen LogP) is 5.13. The minimum Gasteiger partial charge on any atom is -0.493 e. The molecule has 0 heterocycles. The number of carbonyl (C=O) groups is 2. The van der Waals surface area contributed by atoms with E-state index >= 15 is 0 Å². The van der Waals surface area contributed by atoms with Gasteiger partial charge in [0.05, 0.1) is 11.6 Å². The van der Waals surface area contributed by atoms with E-state index in [4.69, 9.17) is 14.2 Å². The number of anilines is 1. The van der Waals surface area contributed by atoms with E-state index in [9.17, 15) is 9.59 Å². The van der Waals surface area contributed by atoms with Gasteiger partial charge < -0.3 is 14.2 Å². The Morgan fingerprint density at radius 2 is 1.42 bits per heavy atom. The van der Waals surface area contributed by atoms with Crippen molar-refractivity contribution in [1.29, 1.82) is 0 Å². The van der Waals surface area contributed by atoms with Crippen LogP contribution in [0, 0.1) is 0 Å². The molecule has 0 bridgehead atoms.